The highest BCUT2D eigenvalue weighted by atomic mass is 16.7. The van der Waals surface area contributed by atoms with Crippen LogP contribution < -0.4 is 0 Å². The minimum Gasteiger partial charge on any atom is -0.373 e. The Morgan fingerprint density at radius 1 is 1.54 bits per heavy atom. The zero-order valence-corrected chi connectivity index (χ0v) is 7.00. The first-order valence-corrected chi connectivity index (χ1v) is 3.79. The molecule has 0 N–H and O–H groups in total. The van der Waals surface area contributed by atoms with Crippen molar-refractivity contribution in [1.82, 2.24) is 0 Å². The van der Waals surface area contributed by atoms with Crippen LogP contribution in [0.15, 0.2) is 0 Å². The Kier molecular flexibility index (Phi) is 2.76. The molecule has 1 saturated heterocycles. The van der Waals surface area contributed by atoms with Crippen LogP contribution in [0.4, 0.5) is 0 Å². The summed E-state index contributed by atoms with van der Waals surface area (Å²) in [6.07, 6.45) is -0.544. The second-order valence-corrected chi connectivity index (χ2v) is 2.96. The maximum Gasteiger partial charge on any atom is 0.596 e. The lowest BCUT2D eigenvalue weighted by Crippen LogP contribution is -2.27. The predicted octanol–water partition coefficient (Wildman–Crippen LogP) is 0.454. The predicted molar refractivity (Wildman–Crippen MR) is 40.8 cm³/mol. The first-order valence-electron chi connectivity index (χ1n) is 3.79. The van der Waals surface area contributed by atoms with Crippen LogP contribution in [0.2, 0.25) is 0 Å². The minimum atomic E-state index is -0.937. The number of nitro groups is 2. The molecule has 13 heavy (non-hydrogen) atoms. The van der Waals surface area contributed by atoms with Gasteiger partial charge in [0.25, 0.3) is 0 Å². The summed E-state index contributed by atoms with van der Waals surface area (Å²) in [4.78, 5) is 18.7. The molecule has 0 bridgehead atoms. The Balaban J connectivity index is 2.51. The summed E-state index contributed by atoms with van der Waals surface area (Å²) >= 11 is 0. The lowest BCUT2D eigenvalue weighted by atomic mass is 10.0. The molecule has 0 aromatic heterocycles. The number of nitrogens with zero attached hydrogens (tertiary/aromatic N) is 2. The van der Waals surface area contributed by atoms with Crippen LogP contribution in [0.1, 0.15) is 13.3 Å². The highest BCUT2D eigenvalue weighted by molar-refractivity contribution is 4.79. The molecule has 1 fully saturated rings. The number of rotatable bonds is 5. The Bertz CT molecular complexity index is 213. The molecule has 0 amide bonds. The lowest BCUT2D eigenvalue weighted by molar-refractivity contribution is -0.679. The number of epoxide rings is 1. The standard InChI is InChI=1S/C6H9N2O5/c1-4(2-5-3-13-5)6(7(9)10)8(11)12/h4-5H,2-3H2,1H3. The van der Waals surface area contributed by atoms with Crippen molar-refractivity contribution >= 4 is 0 Å². The molecular weight excluding hydrogens is 180 g/mol. The van der Waals surface area contributed by atoms with Crippen molar-refractivity contribution in [2.45, 2.75) is 19.4 Å². The fourth-order valence-electron chi connectivity index (χ4n) is 1.13. The summed E-state index contributed by atoms with van der Waals surface area (Å²) in [7, 11) is 0. The van der Waals surface area contributed by atoms with Gasteiger partial charge >= 0.3 is 6.17 Å². The van der Waals surface area contributed by atoms with Crippen LogP contribution >= 0.6 is 0 Å². The van der Waals surface area contributed by atoms with Gasteiger partial charge in [0, 0.05) is 0 Å². The van der Waals surface area contributed by atoms with Crippen molar-refractivity contribution in [3.8, 4) is 0 Å². The van der Waals surface area contributed by atoms with Gasteiger partial charge in [-0.3, -0.25) is 20.2 Å². The normalized spacial score (nSPS) is 22.8. The van der Waals surface area contributed by atoms with E-state index >= 15 is 0 Å². The van der Waals surface area contributed by atoms with Gasteiger partial charge in [-0.05, 0) is 13.3 Å². The SMILES string of the molecule is CC(CC1CO1)[C]([N+](=O)[O-])[N+](=O)[O-]. The Morgan fingerprint density at radius 3 is 2.31 bits per heavy atom. The molecule has 2 atom stereocenters. The van der Waals surface area contributed by atoms with E-state index in [4.69, 9.17) is 4.74 Å². The zero-order valence-electron chi connectivity index (χ0n) is 7.00. The zero-order chi connectivity index (χ0) is 10.0. The fourth-order valence-corrected chi connectivity index (χ4v) is 1.13. The van der Waals surface area contributed by atoms with Gasteiger partial charge in [0.15, 0.2) is 0 Å². The second-order valence-electron chi connectivity index (χ2n) is 2.96. The van der Waals surface area contributed by atoms with Crippen LogP contribution in [-0.2, 0) is 4.74 Å². The molecule has 0 aromatic rings. The summed E-state index contributed by atoms with van der Waals surface area (Å²) in [6, 6.07) is 0. The third kappa shape index (κ3) is 2.62. The largest absolute Gasteiger partial charge is 0.596 e. The van der Waals surface area contributed by atoms with Crippen molar-refractivity contribution in [3.05, 3.63) is 26.4 Å². The van der Waals surface area contributed by atoms with Gasteiger partial charge in [-0.2, -0.15) is 0 Å². The van der Waals surface area contributed by atoms with E-state index in [2.05, 4.69) is 0 Å². The maximum atomic E-state index is 10.3. The van der Waals surface area contributed by atoms with E-state index in [1.54, 1.807) is 0 Å². The van der Waals surface area contributed by atoms with Crippen molar-refractivity contribution < 1.29 is 14.6 Å². The van der Waals surface area contributed by atoms with Crippen LogP contribution in [0.3, 0.4) is 0 Å². The van der Waals surface area contributed by atoms with Crippen LogP contribution in [0, 0.1) is 32.3 Å². The summed E-state index contributed by atoms with van der Waals surface area (Å²) in [6.45, 7) is 2.01. The number of hydrogen-bond acceptors (Lipinski definition) is 5. The van der Waals surface area contributed by atoms with Gasteiger partial charge in [-0.1, -0.05) is 0 Å². The molecule has 2 unspecified atom stereocenters. The second kappa shape index (κ2) is 3.65. The molecular formula is C6H9N2O5. The Labute approximate surface area is 74.0 Å². The third-order valence-electron chi connectivity index (χ3n) is 1.83. The molecule has 1 heterocycles. The molecule has 0 saturated carbocycles. The lowest BCUT2D eigenvalue weighted by Gasteiger charge is -2.04. The molecule has 1 rings (SSSR count). The van der Waals surface area contributed by atoms with E-state index in [0.29, 0.717) is 13.0 Å². The van der Waals surface area contributed by atoms with E-state index < -0.39 is 21.9 Å². The van der Waals surface area contributed by atoms with Crippen LogP contribution in [0.5, 0.6) is 0 Å². The first-order chi connectivity index (χ1) is 6.02. The van der Waals surface area contributed by atoms with Crippen molar-refractivity contribution in [1.29, 1.82) is 0 Å². The van der Waals surface area contributed by atoms with Gasteiger partial charge in [-0.25, -0.2) is 0 Å². The molecule has 0 aromatic carbocycles. The third-order valence-corrected chi connectivity index (χ3v) is 1.83. The molecule has 1 radical (unpaired) electrons. The molecule has 7 nitrogen and oxygen atoms in total. The topological polar surface area (TPSA) is 98.8 Å². The van der Waals surface area contributed by atoms with E-state index in [-0.39, 0.29) is 6.10 Å². The van der Waals surface area contributed by atoms with Gasteiger partial charge < -0.3 is 4.74 Å². The van der Waals surface area contributed by atoms with Crippen LogP contribution in [0.25, 0.3) is 0 Å². The van der Waals surface area contributed by atoms with E-state index in [1.165, 1.54) is 6.92 Å². The average molecular weight is 189 g/mol. The Hall–Kier alpha value is -1.24. The number of ether oxygens (including phenoxy) is 1. The van der Waals surface area contributed by atoms with Crippen molar-refractivity contribution in [2.24, 2.45) is 5.92 Å². The highest BCUT2D eigenvalue weighted by Gasteiger charge is 2.47. The summed E-state index contributed by atoms with van der Waals surface area (Å²) in [5.74, 6) is -0.669. The molecule has 0 aliphatic carbocycles. The van der Waals surface area contributed by atoms with Gasteiger partial charge in [0.2, 0.25) is 0 Å². The number of hydrogen-bond donors (Lipinski definition) is 0. The van der Waals surface area contributed by atoms with E-state index in [9.17, 15) is 20.2 Å². The average Bonchev–Trinajstić information content (AvgIpc) is 2.68. The first kappa shape index (κ1) is 9.85. The maximum absolute atomic E-state index is 10.3. The van der Waals surface area contributed by atoms with Crippen molar-refractivity contribution in [3.63, 3.8) is 0 Å². The highest BCUT2D eigenvalue weighted by Crippen LogP contribution is 2.26. The minimum absolute atomic E-state index is 0.0371. The summed E-state index contributed by atoms with van der Waals surface area (Å²) < 4.78 is 4.83. The molecule has 7 heteroatoms. The van der Waals surface area contributed by atoms with E-state index in [1.807, 2.05) is 0 Å². The quantitative estimate of drug-likeness (QED) is 0.355. The monoisotopic (exact) mass is 189 g/mol. The molecule has 73 valence electrons. The van der Waals surface area contributed by atoms with Crippen LogP contribution in [-0.4, -0.2) is 22.6 Å². The Morgan fingerprint density at radius 2 is 2.00 bits per heavy atom. The summed E-state index contributed by atoms with van der Waals surface area (Å²) in [5.41, 5.74) is 0. The van der Waals surface area contributed by atoms with Gasteiger partial charge in [-0.15, -0.1) is 0 Å². The molecule has 1 aliphatic heterocycles. The summed E-state index contributed by atoms with van der Waals surface area (Å²) in [5, 5.41) is 20.5. The van der Waals surface area contributed by atoms with Gasteiger partial charge in [0.1, 0.15) is 15.8 Å². The van der Waals surface area contributed by atoms with Crippen molar-refractivity contribution in [2.75, 3.05) is 6.61 Å². The fraction of sp³-hybridized carbons (Fsp3) is 0.833. The van der Waals surface area contributed by atoms with Gasteiger partial charge in [0.05, 0.1) is 12.7 Å². The van der Waals surface area contributed by atoms with E-state index in [0.717, 1.165) is 0 Å². The molecule has 1 aliphatic rings. The smallest absolute Gasteiger partial charge is 0.373 e. The molecule has 0 spiro atoms.